The number of benzene rings is 4. The van der Waals surface area contributed by atoms with Crippen molar-refractivity contribution in [2.24, 2.45) is 0 Å². The van der Waals surface area contributed by atoms with Crippen LogP contribution >= 0.6 is 7.82 Å². The molecular weight excluding hydrogens is 383 g/mol. The van der Waals surface area contributed by atoms with Crippen LogP contribution in [0.2, 0.25) is 0 Å². The van der Waals surface area contributed by atoms with Crippen molar-refractivity contribution < 1.29 is 18.1 Å². The number of aryl methyl sites for hydroxylation is 2. The molecule has 4 aromatic rings. The third-order valence-corrected chi connectivity index (χ3v) is 5.66. The van der Waals surface area contributed by atoms with Gasteiger partial charge in [0.25, 0.3) is 0 Å². The van der Waals surface area contributed by atoms with Crippen LogP contribution < -0.4 is 13.6 Å². The van der Waals surface area contributed by atoms with Gasteiger partial charge in [-0.3, -0.25) is 0 Å². The molecule has 4 aromatic carbocycles. The standard InChI is InChI=1S/C24H21O4P/c1-18-8-5-12-21(16-18)26-29(25,27-22-13-6-9-19(2)17-22)28-24-15-7-11-20-10-3-4-14-23(20)24/h3-17H,1-2H3. The molecule has 0 atom stereocenters. The molecule has 0 aromatic heterocycles. The smallest absolute Gasteiger partial charge is 0.386 e. The summed E-state index contributed by atoms with van der Waals surface area (Å²) in [6, 6.07) is 27.9. The Morgan fingerprint density at radius 3 is 1.79 bits per heavy atom. The average molecular weight is 404 g/mol. The van der Waals surface area contributed by atoms with Crippen molar-refractivity contribution in [2.75, 3.05) is 0 Å². The largest absolute Gasteiger partial charge is 0.647 e. The van der Waals surface area contributed by atoms with Crippen molar-refractivity contribution in [2.45, 2.75) is 13.8 Å². The molecular formula is C24H21O4P. The molecule has 5 heteroatoms. The summed E-state index contributed by atoms with van der Waals surface area (Å²) in [6.07, 6.45) is 0. The number of fused-ring (bicyclic) bond motifs is 1. The van der Waals surface area contributed by atoms with Crippen LogP contribution in [0.25, 0.3) is 10.8 Å². The number of rotatable bonds is 6. The van der Waals surface area contributed by atoms with E-state index in [2.05, 4.69) is 0 Å². The molecule has 0 bridgehead atoms. The van der Waals surface area contributed by atoms with E-state index >= 15 is 0 Å². The van der Waals surface area contributed by atoms with Crippen molar-refractivity contribution >= 4 is 18.6 Å². The zero-order valence-corrected chi connectivity index (χ0v) is 17.1. The molecule has 29 heavy (non-hydrogen) atoms. The molecule has 0 saturated heterocycles. The Labute approximate surface area is 170 Å². The second kappa shape index (κ2) is 8.02. The summed E-state index contributed by atoms with van der Waals surface area (Å²) in [5.74, 6) is 1.27. The molecule has 0 spiro atoms. The second-order valence-electron chi connectivity index (χ2n) is 6.83. The predicted octanol–water partition coefficient (Wildman–Crippen LogP) is 7.10. The number of phosphoric ester groups is 1. The minimum Gasteiger partial charge on any atom is -0.386 e. The van der Waals surface area contributed by atoms with Crippen LogP contribution in [-0.2, 0) is 4.57 Å². The van der Waals surface area contributed by atoms with Crippen LogP contribution in [0, 0.1) is 13.8 Å². The molecule has 0 N–H and O–H groups in total. The fraction of sp³-hybridized carbons (Fsp3) is 0.0833. The Bertz CT molecular complexity index is 1150. The van der Waals surface area contributed by atoms with Gasteiger partial charge in [0.15, 0.2) is 0 Å². The van der Waals surface area contributed by atoms with Gasteiger partial charge in [-0.15, -0.1) is 0 Å². The van der Waals surface area contributed by atoms with E-state index in [9.17, 15) is 4.57 Å². The van der Waals surface area contributed by atoms with Gasteiger partial charge in [-0.25, -0.2) is 0 Å². The van der Waals surface area contributed by atoms with Crippen LogP contribution in [0.4, 0.5) is 0 Å². The summed E-state index contributed by atoms with van der Waals surface area (Å²) < 4.78 is 31.2. The first-order chi connectivity index (χ1) is 14.0. The lowest BCUT2D eigenvalue weighted by Gasteiger charge is -2.20. The van der Waals surface area contributed by atoms with Crippen molar-refractivity contribution in [3.05, 3.63) is 102 Å². The SMILES string of the molecule is Cc1cccc(OP(=O)(Oc2cccc(C)c2)Oc2cccc3ccccc23)c1. The van der Waals surface area contributed by atoms with Crippen molar-refractivity contribution in [3.8, 4) is 17.2 Å². The highest BCUT2D eigenvalue weighted by Gasteiger charge is 2.33. The number of hydrogen-bond acceptors (Lipinski definition) is 4. The molecule has 4 rings (SSSR count). The average Bonchev–Trinajstić information content (AvgIpc) is 2.68. The quantitative estimate of drug-likeness (QED) is 0.322. The lowest BCUT2D eigenvalue weighted by Crippen LogP contribution is -2.08. The Hall–Kier alpha value is -3.23. The lowest BCUT2D eigenvalue weighted by molar-refractivity contribution is 0.299. The van der Waals surface area contributed by atoms with E-state index in [1.807, 2.05) is 74.5 Å². The zero-order chi connectivity index (χ0) is 20.3. The topological polar surface area (TPSA) is 44.8 Å². The van der Waals surface area contributed by atoms with Gasteiger partial charge in [0.05, 0.1) is 0 Å². The normalized spacial score (nSPS) is 11.2. The predicted molar refractivity (Wildman–Crippen MR) is 116 cm³/mol. The van der Waals surface area contributed by atoms with E-state index in [0.29, 0.717) is 17.2 Å². The van der Waals surface area contributed by atoms with Crippen LogP contribution in [0.5, 0.6) is 17.2 Å². The molecule has 0 fully saturated rings. The summed E-state index contributed by atoms with van der Waals surface area (Å²) >= 11 is 0. The van der Waals surface area contributed by atoms with Gasteiger partial charge in [-0.2, -0.15) is 4.57 Å². The lowest BCUT2D eigenvalue weighted by atomic mass is 10.1. The van der Waals surface area contributed by atoms with Gasteiger partial charge in [0.1, 0.15) is 17.2 Å². The summed E-state index contributed by atoms with van der Waals surface area (Å²) in [4.78, 5) is 0. The first kappa shape index (κ1) is 19.1. The molecule has 0 aliphatic carbocycles. The van der Waals surface area contributed by atoms with E-state index in [0.717, 1.165) is 21.9 Å². The fourth-order valence-electron chi connectivity index (χ4n) is 3.05. The molecule has 146 valence electrons. The second-order valence-corrected chi connectivity index (χ2v) is 8.27. The Morgan fingerprint density at radius 1 is 0.621 bits per heavy atom. The minimum absolute atomic E-state index is 0.418. The molecule has 0 radical (unpaired) electrons. The highest BCUT2D eigenvalue weighted by molar-refractivity contribution is 7.49. The highest BCUT2D eigenvalue weighted by Crippen LogP contribution is 2.51. The van der Waals surface area contributed by atoms with Gasteiger partial charge in [0, 0.05) is 5.39 Å². The molecule has 4 nitrogen and oxygen atoms in total. The number of hydrogen-bond donors (Lipinski definition) is 0. The van der Waals surface area contributed by atoms with Crippen LogP contribution in [0.3, 0.4) is 0 Å². The van der Waals surface area contributed by atoms with Crippen LogP contribution in [0.15, 0.2) is 91.0 Å². The maximum absolute atomic E-state index is 13.7. The van der Waals surface area contributed by atoms with E-state index in [-0.39, 0.29) is 0 Å². The molecule has 0 aliphatic heterocycles. The summed E-state index contributed by atoms with van der Waals surface area (Å²) in [7, 11) is -4.03. The van der Waals surface area contributed by atoms with Crippen LogP contribution in [-0.4, -0.2) is 0 Å². The van der Waals surface area contributed by atoms with Gasteiger partial charge >= 0.3 is 7.82 Å². The Morgan fingerprint density at radius 2 is 1.17 bits per heavy atom. The summed E-state index contributed by atoms with van der Waals surface area (Å²) in [6.45, 7) is 3.87. The molecule has 0 heterocycles. The maximum atomic E-state index is 13.7. The maximum Gasteiger partial charge on any atom is 0.647 e. The monoisotopic (exact) mass is 404 g/mol. The van der Waals surface area contributed by atoms with Crippen molar-refractivity contribution in [3.63, 3.8) is 0 Å². The molecule has 0 aliphatic rings. The Balaban J connectivity index is 1.73. The van der Waals surface area contributed by atoms with Gasteiger partial charge in [0.2, 0.25) is 0 Å². The highest BCUT2D eigenvalue weighted by atomic mass is 31.2. The van der Waals surface area contributed by atoms with E-state index in [1.165, 1.54) is 0 Å². The van der Waals surface area contributed by atoms with E-state index in [4.69, 9.17) is 13.6 Å². The molecule has 0 amide bonds. The molecule has 0 unspecified atom stereocenters. The molecule has 0 saturated carbocycles. The minimum atomic E-state index is -4.03. The first-order valence-corrected chi connectivity index (χ1v) is 10.8. The third-order valence-electron chi connectivity index (χ3n) is 4.37. The number of phosphoric acid groups is 1. The first-order valence-electron chi connectivity index (χ1n) is 9.31. The van der Waals surface area contributed by atoms with Gasteiger partial charge < -0.3 is 13.6 Å². The zero-order valence-electron chi connectivity index (χ0n) is 16.2. The summed E-state index contributed by atoms with van der Waals surface area (Å²) in [5.41, 5.74) is 1.96. The van der Waals surface area contributed by atoms with Gasteiger partial charge in [-0.1, -0.05) is 60.7 Å². The van der Waals surface area contributed by atoms with Crippen molar-refractivity contribution in [1.29, 1.82) is 0 Å². The van der Waals surface area contributed by atoms with Crippen molar-refractivity contribution in [1.82, 2.24) is 0 Å². The van der Waals surface area contributed by atoms with E-state index in [1.54, 1.807) is 30.3 Å². The summed E-state index contributed by atoms with van der Waals surface area (Å²) in [5, 5.41) is 1.80. The fourth-order valence-corrected chi connectivity index (χ4v) is 4.31. The Kier molecular flexibility index (Phi) is 5.28. The van der Waals surface area contributed by atoms with E-state index < -0.39 is 7.82 Å². The van der Waals surface area contributed by atoms with Gasteiger partial charge in [-0.05, 0) is 60.7 Å². The third kappa shape index (κ3) is 4.61. The van der Waals surface area contributed by atoms with Crippen LogP contribution in [0.1, 0.15) is 11.1 Å².